The molecule has 0 saturated carbocycles. The second-order valence-corrected chi connectivity index (χ2v) is 5.09. The summed E-state index contributed by atoms with van der Waals surface area (Å²) in [7, 11) is 0. The van der Waals surface area contributed by atoms with Gasteiger partial charge in [0.05, 0.1) is 10.5 Å². The predicted octanol–water partition coefficient (Wildman–Crippen LogP) is 4.86. The third-order valence-electron chi connectivity index (χ3n) is 3.10. The van der Waals surface area contributed by atoms with Gasteiger partial charge in [-0.3, -0.25) is 0 Å². The number of halogens is 1. The number of pyridine rings is 1. The van der Waals surface area contributed by atoms with Crippen LogP contribution in [0, 0.1) is 18.3 Å². The first-order valence-electron chi connectivity index (χ1n) is 6.41. The third-order valence-corrected chi connectivity index (χ3v) is 3.40. The number of hydrogen-bond donors (Lipinski definition) is 0. The Kier molecular flexibility index (Phi) is 3.47. The van der Waals surface area contributed by atoms with E-state index in [0.717, 1.165) is 16.5 Å². The Hall–Kier alpha value is -2.57. The van der Waals surface area contributed by atoms with E-state index in [1.54, 1.807) is 12.1 Å². The van der Waals surface area contributed by atoms with Crippen LogP contribution in [0.1, 0.15) is 11.1 Å². The fourth-order valence-corrected chi connectivity index (χ4v) is 2.32. The maximum Gasteiger partial charge on any atom is 0.237 e. The first kappa shape index (κ1) is 13.4. The first-order valence-corrected chi connectivity index (χ1v) is 6.79. The van der Waals surface area contributed by atoms with Crippen LogP contribution in [0.3, 0.4) is 0 Å². The summed E-state index contributed by atoms with van der Waals surface area (Å²) in [5, 5.41) is 10.7. The van der Waals surface area contributed by atoms with Crippen molar-refractivity contribution >= 4 is 22.5 Å². The first-order chi connectivity index (χ1) is 10.2. The zero-order chi connectivity index (χ0) is 14.8. The highest BCUT2D eigenvalue weighted by molar-refractivity contribution is 6.32. The highest BCUT2D eigenvalue weighted by Gasteiger charge is 2.11. The second-order valence-electron chi connectivity index (χ2n) is 4.68. The Morgan fingerprint density at radius 3 is 2.71 bits per heavy atom. The van der Waals surface area contributed by atoms with Crippen molar-refractivity contribution < 1.29 is 4.74 Å². The maximum absolute atomic E-state index is 9.27. The molecule has 0 aliphatic carbocycles. The normalized spacial score (nSPS) is 10.3. The van der Waals surface area contributed by atoms with Crippen molar-refractivity contribution in [3.05, 3.63) is 64.7 Å². The van der Waals surface area contributed by atoms with Crippen molar-refractivity contribution in [2.24, 2.45) is 0 Å². The van der Waals surface area contributed by atoms with Gasteiger partial charge in [-0.1, -0.05) is 35.9 Å². The summed E-state index contributed by atoms with van der Waals surface area (Å²) in [5.74, 6) is 0.753. The molecule has 1 aromatic heterocycles. The monoisotopic (exact) mass is 294 g/mol. The van der Waals surface area contributed by atoms with Gasteiger partial charge in [-0.05, 0) is 36.8 Å². The summed E-state index contributed by atoms with van der Waals surface area (Å²) < 4.78 is 5.73. The highest BCUT2D eigenvalue weighted by Crippen LogP contribution is 2.31. The van der Waals surface area contributed by atoms with Gasteiger partial charge in [-0.2, -0.15) is 5.26 Å². The molecule has 2 aromatic carbocycles. The summed E-state index contributed by atoms with van der Waals surface area (Å²) in [5.41, 5.74) is 2.19. The summed E-state index contributed by atoms with van der Waals surface area (Å²) in [6.45, 7) is 1.95. The molecule has 0 radical (unpaired) electrons. The Morgan fingerprint density at radius 1 is 1.14 bits per heavy atom. The molecule has 1 heterocycles. The fourth-order valence-electron chi connectivity index (χ4n) is 2.05. The molecule has 4 heteroatoms. The number of hydrogen-bond acceptors (Lipinski definition) is 3. The number of ether oxygens (including phenoxy) is 1. The van der Waals surface area contributed by atoms with Gasteiger partial charge < -0.3 is 4.74 Å². The zero-order valence-corrected chi connectivity index (χ0v) is 12.1. The van der Waals surface area contributed by atoms with Crippen molar-refractivity contribution in [1.29, 1.82) is 5.26 Å². The summed E-state index contributed by atoms with van der Waals surface area (Å²) >= 11 is 6.16. The van der Waals surface area contributed by atoms with Crippen LogP contribution in [-0.4, -0.2) is 4.98 Å². The lowest BCUT2D eigenvalue weighted by Gasteiger charge is -2.09. The number of nitriles is 1. The molecule has 0 bridgehead atoms. The Bertz CT molecular complexity index is 868. The van der Waals surface area contributed by atoms with Crippen molar-refractivity contribution in [2.45, 2.75) is 6.92 Å². The van der Waals surface area contributed by atoms with Gasteiger partial charge in [0, 0.05) is 5.39 Å². The van der Waals surface area contributed by atoms with Gasteiger partial charge in [-0.15, -0.1) is 0 Å². The van der Waals surface area contributed by atoms with E-state index in [1.165, 1.54) is 0 Å². The van der Waals surface area contributed by atoms with Crippen LogP contribution < -0.4 is 4.74 Å². The molecular weight excluding hydrogens is 284 g/mol. The van der Waals surface area contributed by atoms with E-state index in [0.29, 0.717) is 16.3 Å². The number of fused-ring (bicyclic) bond motifs is 1. The average molecular weight is 295 g/mol. The Balaban J connectivity index is 2.09. The standard InChI is InChI=1S/C17H11ClN2O/c1-11-6-7-16(14(18)8-11)21-17-13(10-19)9-12-4-2-3-5-15(12)20-17/h2-9H,1H3. The topological polar surface area (TPSA) is 45.9 Å². The van der Waals surface area contributed by atoms with E-state index < -0.39 is 0 Å². The lowest BCUT2D eigenvalue weighted by atomic mass is 10.1. The highest BCUT2D eigenvalue weighted by atomic mass is 35.5. The largest absolute Gasteiger partial charge is 0.436 e. The van der Waals surface area contributed by atoms with Crippen LogP contribution in [0.4, 0.5) is 0 Å². The second kappa shape index (κ2) is 5.43. The number of aromatic nitrogens is 1. The molecule has 0 fully saturated rings. The molecule has 3 aromatic rings. The molecule has 0 saturated heterocycles. The van der Waals surface area contributed by atoms with Crippen LogP contribution in [0.15, 0.2) is 48.5 Å². The van der Waals surface area contributed by atoms with E-state index >= 15 is 0 Å². The van der Waals surface area contributed by atoms with Gasteiger partial charge in [0.1, 0.15) is 17.4 Å². The smallest absolute Gasteiger partial charge is 0.237 e. The molecule has 3 nitrogen and oxygen atoms in total. The van der Waals surface area contributed by atoms with Crippen molar-refractivity contribution in [3.8, 4) is 17.7 Å². The number of nitrogens with zero attached hydrogens (tertiary/aromatic N) is 2. The molecule has 0 N–H and O–H groups in total. The lowest BCUT2D eigenvalue weighted by molar-refractivity contribution is 0.463. The minimum atomic E-state index is 0.266. The average Bonchev–Trinajstić information content (AvgIpc) is 2.49. The van der Waals surface area contributed by atoms with Crippen LogP contribution in [0.2, 0.25) is 5.02 Å². The molecule has 0 amide bonds. The molecule has 0 spiro atoms. The van der Waals surface area contributed by atoms with Gasteiger partial charge in [0.25, 0.3) is 0 Å². The predicted molar refractivity (Wildman–Crippen MR) is 82.7 cm³/mol. The number of para-hydroxylation sites is 1. The summed E-state index contributed by atoms with van der Waals surface area (Å²) in [4.78, 5) is 4.40. The van der Waals surface area contributed by atoms with Crippen molar-refractivity contribution in [2.75, 3.05) is 0 Å². The summed E-state index contributed by atoms with van der Waals surface area (Å²) in [6, 6.07) is 16.9. The van der Waals surface area contributed by atoms with Crippen molar-refractivity contribution in [3.63, 3.8) is 0 Å². The third kappa shape index (κ3) is 2.67. The lowest BCUT2D eigenvalue weighted by Crippen LogP contribution is -1.94. The summed E-state index contributed by atoms with van der Waals surface area (Å²) in [6.07, 6.45) is 0. The zero-order valence-electron chi connectivity index (χ0n) is 11.3. The molecule has 0 aliphatic heterocycles. The van der Waals surface area contributed by atoms with Gasteiger partial charge >= 0.3 is 0 Å². The van der Waals surface area contributed by atoms with Crippen LogP contribution in [0.25, 0.3) is 10.9 Å². The Morgan fingerprint density at radius 2 is 1.95 bits per heavy atom. The van der Waals surface area contributed by atoms with Crippen molar-refractivity contribution in [1.82, 2.24) is 4.98 Å². The molecule has 0 aliphatic rings. The van der Waals surface area contributed by atoms with Crippen LogP contribution >= 0.6 is 11.6 Å². The fraction of sp³-hybridized carbons (Fsp3) is 0.0588. The van der Waals surface area contributed by atoms with E-state index in [2.05, 4.69) is 11.1 Å². The van der Waals surface area contributed by atoms with E-state index in [9.17, 15) is 5.26 Å². The molecule has 21 heavy (non-hydrogen) atoms. The molecule has 102 valence electrons. The van der Waals surface area contributed by atoms with Crippen LogP contribution in [0.5, 0.6) is 11.6 Å². The number of benzene rings is 2. The minimum Gasteiger partial charge on any atom is -0.436 e. The van der Waals surface area contributed by atoms with Gasteiger partial charge in [0.2, 0.25) is 5.88 Å². The van der Waals surface area contributed by atoms with E-state index in [4.69, 9.17) is 16.3 Å². The molecule has 0 unspecified atom stereocenters. The van der Waals surface area contributed by atoms with Gasteiger partial charge in [-0.25, -0.2) is 4.98 Å². The van der Waals surface area contributed by atoms with E-state index in [-0.39, 0.29) is 5.88 Å². The SMILES string of the molecule is Cc1ccc(Oc2nc3ccccc3cc2C#N)c(Cl)c1. The maximum atomic E-state index is 9.27. The Labute approximate surface area is 127 Å². The number of aryl methyl sites for hydroxylation is 1. The molecular formula is C17H11ClN2O. The minimum absolute atomic E-state index is 0.266. The van der Waals surface area contributed by atoms with Gasteiger partial charge in [0.15, 0.2) is 0 Å². The number of rotatable bonds is 2. The molecule has 3 rings (SSSR count). The molecule has 0 atom stereocenters. The quantitative estimate of drug-likeness (QED) is 0.678. The van der Waals surface area contributed by atoms with E-state index in [1.807, 2.05) is 43.3 Å². The van der Waals surface area contributed by atoms with Crippen LogP contribution in [-0.2, 0) is 0 Å².